The molecule has 1 heterocycles. The van der Waals surface area contributed by atoms with Crippen LogP contribution in [0.5, 0.6) is 17.2 Å². The van der Waals surface area contributed by atoms with E-state index in [9.17, 15) is 5.11 Å². The molecule has 5 heteroatoms. The second-order valence-electron chi connectivity index (χ2n) is 7.47. The molecular formula is C24H28N2O3. The van der Waals surface area contributed by atoms with Gasteiger partial charge in [-0.2, -0.15) is 0 Å². The zero-order chi connectivity index (χ0) is 20.2. The van der Waals surface area contributed by atoms with E-state index in [1.165, 1.54) is 5.69 Å². The maximum absolute atomic E-state index is 10.6. The van der Waals surface area contributed by atoms with Crippen molar-refractivity contribution in [3.05, 3.63) is 60.2 Å². The third-order valence-electron chi connectivity index (χ3n) is 5.72. The van der Waals surface area contributed by atoms with E-state index < -0.39 is 0 Å². The third-order valence-corrected chi connectivity index (χ3v) is 5.72. The monoisotopic (exact) mass is 392 g/mol. The van der Waals surface area contributed by atoms with Gasteiger partial charge in [-0.3, -0.25) is 4.90 Å². The van der Waals surface area contributed by atoms with E-state index in [0.717, 1.165) is 67.0 Å². The van der Waals surface area contributed by atoms with Crippen LogP contribution < -0.4 is 14.4 Å². The molecule has 0 saturated carbocycles. The first kappa shape index (κ1) is 19.4. The summed E-state index contributed by atoms with van der Waals surface area (Å²) in [6.45, 7) is 4.67. The number of anilines is 1. The fourth-order valence-electron chi connectivity index (χ4n) is 4.05. The van der Waals surface area contributed by atoms with Gasteiger partial charge in [0.05, 0.1) is 14.2 Å². The summed E-state index contributed by atoms with van der Waals surface area (Å²) >= 11 is 0. The number of hydrogen-bond acceptors (Lipinski definition) is 5. The minimum atomic E-state index is 0.349. The second kappa shape index (κ2) is 8.62. The fourth-order valence-corrected chi connectivity index (χ4v) is 4.05. The minimum Gasteiger partial charge on any atom is -0.508 e. The topological polar surface area (TPSA) is 45.2 Å². The molecule has 1 fully saturated rings. The lowest BCUT2D eigenvalue weighted by Crippen LogP contribution is -2.30. The number of benzene rings is 3. The molecule has 1 aliphatic heterocycles. The summed E-state index contributed by atoms with van der Waals surface area (Å²) in [5.74, 6) is 2.04. The number of rotatable bonds is 5. The van der Waals surface area contributed by atoms with Crippen LogP contribution in [-0.4, -0.2) is 50.4 Å². The summed E-state index contributed by atoms with van der Waals surface area (Å²) in [6, 6.07) is 18.1. The number of ether oxygens (including phenoxy) is 2. The summed E-state index contributed by atoms with van der Waals surface area (Å²) in [4.78, 5) is 4.85. The maximum Gasteiger partial charge on any atom is 0.120 e. The molecule has 0 aliphatic carbocycles. The van der Waals surface area contributed by atoms with Crippen molar-refractivity contribution in [2.45, 2.75) is 13.0 Å². The van der Waals surface area contributed by atoms with Crippen molar-refractivity contribution in [2.24, 2.45) is 0 Å². The molecule has 0 spiro atoms. The quantitative estimate of drug-likeness (QED) is 0.702. The highest BCUT2D eigenvalue weighted by Crippen LogP contribution is 2.31. The van der Waals surface area contributed by atoms with Gasteiger partial charge in [-0.25, -0.2) is 0 Å². The van der Waals surface area contributed by atoms with Gasteiger partial charge in [0.1, 0.15) is 17.2 Å². The molecular weight excluding hydrogens is 364 g/mol. The molecule has 0 radical (unpaired) electrons. The number of fused-ring (bicyclic) bond motifs is 1. The molecule has 0 bridgehead atoms. The normalized spacial score (nSPS) is 15.3. The van der Waals surface area contributed by atoms with E-state index in [4.69, 9.17) is 9.47 Å². The minimum absolute atomic E-state index is 0.349. The van der Waals surface area contributed by atoms with Gasteiger partial charge in [0.25, 0.3) is 0 Å². The summed E-state index contributed by atoms with van der Waals surface area (Å²) < 4.78 is 10.7. The molecule has 0 unspecified atom stereocenters. The van der Waals surface area contributed by atoms with E-state index in [2.05, 4.69) is 21.9 Å². The lowest BCUT2D eigenvalue weighted by atomic mass is 10.0. The van der Waals surface area contributed by atoms with E-state index >= 15 is 0 Å². The number of phenols is 1. The SMILES string of the molecule is COc1ccc(N2CCCN(Cc3c(O)ccc4ccc(OC)cc34)CC2)cc1. The Bertz CT molecular complexity index is 972. The Kier molecular flexibility index (Phi) is 5.76. The Morgan fingerprint density at radius 1 is 0.828 bits per heavy atom. The highest BCUT2D eigenvalue weighted by Gasteiger charge is 2.18. The van der Waals surface area contributed by atoms with Crippen LogP contribution in [0.4, 0.5) is 5.69 Å². The van der Waals surface area contributed by atoms with Crippen molar-refractivity contribution < 1.29 is 14.6 Å². The number of methoxy groups -OCH3 is 2. The van der Waals surface area contributed by atoms with Crippen LogP contribution in [0.15, 0.2) is 54.6 Å². The van der Waals surface area contributed by atoms with E-state index in [1.54, 1.807) is 20.3 Å². The van der Waals surface area contributed by atoms with Gasteiger partial charge in [0.2, 0.25) is 0 Å². The van der Waals surface area contributed by atoms with Crippen LogP contribution in [0.2, 0.25) is 0 Å². The average Bonchev–Trinajstić information content (AvgIpc) is 3.01. The van der Waals surface area contributed by atoms with Crippen LogP contribution >= 0.6 is 0 Å². The Hall–Kier alpha value is -2.92. The Labute approximate surface area is 172 Å². The van der Waals surface area contributed by atoms with Crippen molar-refractivity contribution in [3.63, 3.8) is 0 Å². The molecule has 0 atom stereocenters. The van der Waals surface area contributed by atoms with Gasteiger partial charge < -0.3 is 19.5 Å². The van der Waals surface area contributed by atoms with Gasteiger partial charge in [-0.15, -0.1) is 0 Å². The molecule has 1 saturated heterocycles. The fraction of sp³-hybridized carbons (Fsp3) is 0.333. The van der Waals surface area contributed by atoms with Crippen molar-refractivity contribution in [1.82, 2.24) is 4.90 Å². The smallest absolute Gasteiger partial charge is 0.120 e. The predicted molar refractivity (Wildman–Crippen MR) is 117 cm³/mol. The summed E-state index contributed by atoms with van der Waals surface area (Å²) in [6.07, 6.45) is 1.08. The molecule has 5 nitrogen and oxygen atoms in total. The molecule has 4 rings (SSSR count). The van der Waals surface area contributed by atoms with Crippen LogP contribution in [0.25, 0.3) is 10.8 Å². The molecule has 0 amide bonds. The van der Waals surface area contributed by atoms with Crippen LogP contribution in [0.1, 0.15) is 12.0 Å². The number of hydrogen-bond donors (Lipinski definition) is 1. The first-order chi connectivity index (χ1) is 14.2. The molecule has 1 N–H and O–H groups in total. The van der Waals surface area contributed by atoms with Crippen molar-refractivity contribution >= 4 is 16.5 Å². The molecule has 3 aromatic carbocycles. The molecule has 152 valence electrons. The van der Waals surface area contributed by atoms with Gasteiger partial charge in [-0.1, -0.05) is 12.1 Å². The first-order valence-electron chi connectivity index (χ1n) is 10.1. The second-order valence-corrected chi connectivity index (χ2v) is 7.47. The lowest BCUT2D eigenvalue weighted by molar-refractivity contribution is 0.282. The standard InChI is InChI=1S/C24H28N2O3/c1-28-20-9-6-19(7-10-20)26-13-3-12-25(14-15-26)17-23-22-16-21(29-2)8-4-18(22)5-11-24(23)27/h4-11,16,27H,3,12-15,17H2,1-2H3. The summed E-state index contributed by atoms with van der Waals surface area (Å²) in [5.41, 5.74) is 2.20. The highest BCUT2D eigenvalue weighted by molar-refractivity contribution is 5.89. The van der Waals surface area contributed by atoms with Gasteiger partial charge in [0, 0.05) is 44.0 Å². The largest absolute Gasteiger partial charge is 0.508 e. The molecule has 1 aliphatic rings. The number of phenolic OH excluding ortho intramolecular Hbond substituents is 1. The third kappa shape index (κ3) is 4.25. The van der Waals surface area contributed by atoms with Crippen LogP contribution in [0.3, 0.4) is 0 Å². The molecule has 0 aromatic heterocycles. The van der Waals surface area contributed by atoms with Crippen molar-refractivity contribution in [2.75, 3.05) is 45.3 Å². The van der Waals surface area contributed by atoms with Gasteiger partial charge >= 0.3 is 0 Å². The summed E-state index contributed by atoms with van der Waals surface area (Å²) in [5, 5.41) is 12.7. The van der Waals surface area contributed by atoms with Crippen LogP contribution in [-0.2, 0) is 6.54 Å². The zero-order valence-corrected chi connectivity index (χ0v) is 17.1. The molecule has 29 heavy (non-hydrogen) atoms. The Morgan fingerprint density at radius 3 is 2.31 bits per heavy atom. The first-order valence-corrected chi connectivity index (χ1v) is 10.1. The predicted octanol–water partition coefficient (Wildman–Crippen LogP) is 4.27. The van der Waals surface area contributed by atoms with Gasteiger partial charge in [0.15, 0.2) is 0 Å². The van der Waals surface area contributed by atoms with E-state index in [0.29, 0.717) is 5.75 Å². The van der Waals surface area contributed by atoms with Gasteiger partial charge in [-0.05, 0) is 59.7 Å². The maximum atomic E-state index is 10.6. The average molecular weight is 392 g/mol. The van der Waals surface area contributed by atoms with E-state index in [-0.39, 0.29) is 0 Å². The Balaban J connectivity index is 1.51. The van der Waals surface area contributed by atoms with Crippen molar-refractivity contribution in [3.8, 4) is 17.2 Å². The Morgan fingerprint density at radius 2 is 1.55 bits per heavy atom. The lowest BCUT2D eigenvalue weighted by Gasteiger charge is -2.24. The van der Waals surface area contributed by atoms with Crippen molar-refractivity contribution in [1.29, 1.82) is 0 Å². The molecule has 3 aromatic rings. The van der Waals surface area contributed by atoms with E-state index in [1.807, 2.05) is 36.4 Å². The highest BCUT2D eigenvalue weighted by atomic mass is 16.5. The van der Waals surface area contributed by atoms with Crippen LogP contribution in [0, 0.1) is 0 Å². The summed E-state index contributed by atoms with van der Waals surface area (Å²) in [7, 11) is 3.36. The number of nitrogens with zero attached hydrogens (tertiary/aromatic N) is 2. The number of aromatic hydroxyl groups is 1. The zero-order valence-electron chi connectivity index (χ0n) is 17.1.